The van der Waals surface area contributed by atoms with Crippen molar-refractivity contribution in [1.29, 1.82) is 0 Å². The normalized spacial score (nSPS) is 14.3. The van der Waals surface area contributed by atoms with Crippen LogP contribution in [0.2, 0.25) is 0 Å². The van der Waals surface area contributed by atoms with Gasteiger partial charge in [0.15, 0.2) is 0 Å². The molecule has 0 N–H and O–H groups in total. The lowest BCUT2D eigenvalue weighted by atomic mass is 10.2. The summed E-state index contributed by atoms with van der Waals surface area (Å²) in [5, 5.41) is 0. The predicted molar refractivity (Wildman–Crippen MR) is 92.1 cm³/mol. The average Bonchev–Trinajstić information content (AvgIpc) is 2.42. The molecule has 0 amide bonds. The number of rotatable bonds is 8. The van der Waals surface area contributed by atoms with Gasteiger partial charge in [-0.2, -0.15) is 0 Å². The molecule has 0 saturated carbocycles. The van der Waals surface area contributed by atoms with Crippen molar-refractivity contribution in [2.24, 2.45) is 13.0 Å². The smallest absolute Gasteiger partial charge is 0.321 e. The number of hydrogen-bond acceptors (Lipinski definition) is 5. The number of nitrogens with zero attached hydrogens (tertiary/aromatic N) is 2. The van der Waals surface area contributed by atoms with Crippen molar-refractivity contribution >= 4 is 18.0 Å². The third-order valence-corrected chi connectivity index (χ3v) is 6.97. The molecule has 0 aliphatic carbocycles. The van der Waals surface area contributed by atoms with Crippen molar-refractivity contribution in [3.63, 3.8) is 0 Å². The van der Waals surface area contributed by atoms with E-state index in [1.807, 2.05) is 13.8 Å². The summed E-state index contributed by atoms with van der Waals surface area (Å²) in [4.78, 5) is 23.9. The monoisotopic (exact) mass is 348 g/mol. The van der Waals surface area contributed by atoms with Crippen molar-refractivity contribution in [2.75, 3.05) is 19.0 Å². The third kappa shape index (κ3) is 5.78. The molecule has 126 valence electrons. The van der Waals surface area contributed by atoms with Crippen LogP contribution < -0.4 is 11.2 Å². The van der Waals surface area contributed by atoms with Gasteiger partial charge in [-0.15, -0.1) is 0 Å². The van der Waals surface area contributed by atoms with Crippen LogP contribution in [0.4, 0.5) is 0 Å². The Morgan fingerprint density at radius 3 is 2.59 bits per heavy atom. The zero-order valence-electron chi connectivity index (χ0n) is 13.9. The third-order valence-electron chi connectivity index (χ3n) is 3.14. The summed E-state index contributed by atoms with van der Waals surface area (Å²) in [6.45, 7) is 5.47. The second-order valence-electron chi connectivity index (χ2n) is 5.76. The predicted octanol–water partition coefficient (Wildman–Crippen LogP) is 2.47. The molecule has 1 rings (SSSR count). The maximum Gasteiger partial charge on any atom is 0.330 e. The van der Waals surface area contributed by atoms with Crippen LogP contribution in [0.5, 0.6) is 0 Å². The minimum absolute atomic E-state index is 0.290. The van der Waals surface area contributed by atoms with Gasteiger partial charge < -0.3 is 9.09 Å². The molecule has 1 heterocycles. The molecule has 1 aromatic heterocycles. The summed E-state index contributed by atoms with van der Waals surface area (Å²) in [6.07, 6.45) is 0.589. The van der Waals surface area contributed by atoms with Gasteiger partial charge >= 0.3 is 5.69 Å². The lowest BCUT2D eigenvalue weighted by Gasteiger charge is -2.15. The van der Waals surface area contributed by atoms with E-state index in [9.17, 15) is 14.2 Å². The van der Waals surface area contributed by atoms with E-state index in [0.29, 0.717) is 36.9 Å². The lowest BCUT2D eigenvalue weighted by molar-refractivity contribution is 0.282. The summed E-state index contributed by atoms with van der Waals surface area (Å²) < 4.78 is 20.2. The van der Waals surface area contributed by atoms with Gasteiger partial charge in [-0.3, -0.25) is 13.9 Å². The standard InChI is InChI=1S/C14H25N2O4PS/c1-11(2)10-20-21(5,19)22-8-6-7-16-13(17)9-12(3)15(4)14(16)18/h9,11H,6-8,10H2,1-5H3. The van der Waals surface area contributed by atoms with Gasteiger partial charge in [-0.1, -0.05) is 25.2 Å². The van der Waals surface area contributed by atoms with Gasteiger partial charge in [0.25, 0.3) is 12.1 Å². The first-order valence-corrected chi connectivity index (χ1v) is 10.9. The van der Waals surface area contributed by atoms with Crippen molar-refractivity contribution in [1.82, 2.24) is 9.13 Å². The second kappa shape index (κ2) is 8.18. The highest BCUT2D eigenvalue weighted by Crippen LogP contribution is 2.56. The Morgan fingerprint density at radius 1 is 1.36 bits per heavy atom. The molecular formula is C14H25N2O4PS. The van der Waals surface area contributed by atoms with Crippen molar-refractivity contribution in [3.05, 3.63) is 32.6 Å². The van der Waals surface area contributed by atoms with Gasteiger partial charge in [-0.05, 0) is 19.3 Å². The summed E-state index contributed by atoms with van der Waals surface area (Å²) in [5.74, 6) is 0.915. The Labute approximate surface area is 135 Å². The summed E-state index contributed by atoms with van der Waals surface area (Å²) in [7, 11) is 1.64. The molecule has 8 heteroatoms. The number of aryl methyl sites for hydroxylation is 1. The average molecular weight is 348 g/mol. The highest BCUT2D eigenvalue weighted by molar-refractivity contribution is 8.56. The molecule has 6 nitrogen and oxygen atoms in total. The molecule has 0 bridgehead atoms. The molecule has 0 aromatic carbocycles. The first-order valence-electron chi connectivity index (χ1n) is 7.28. The number of aromatic nitrogens is 2. The maximum atomic E-state index is 12.2. The van der Waals surface area contributed by atoms with Crippen molar-refractivity contribution in [3.8, 4) is 0 Å². The van der Waals surface area contributed by atoms with Gasteiger partial charge in [0, 0.05) is 37.8 Å². The first-order chi connectivity index (χ1) is 10.1. The molecule has 0 saturated heterocycles. The first kappa shape index (κ1) is 19.3. The molecule has 1 unspecified atom stereocenters. The largest absolute Gasteiger partial charge is 0.330 e. The van der Waals surface area contributed by atoms with Crippen molar-refractivity contribution in [2.45, 2.75) is 33.7 Å². The Bertz CT molecular complexity index is 666. The maximum absolute atomic E-state index is 12.2. The Morgan fingerprint density at radius 2 is 2.00 bits per heavy atom. The van der Waals surface area contributed by atoms with E-state index >= 15 is 0 Å². The van der Waals surface area contributed by atoms with Gasteiger partial charge in [0.05, 0.1) is 6.61 Å². The van der Waals surface area contributed by atoms with Gasteiger partial charge in [-0.25, -0.2) is 4.79 Å². The molecule has 1 atom stereocenters. The van der Waals surface area contributed by atoms with Crippen LogP contribution in [0.25, 0.3) is 0 Å². The van der Waals surface area contributed by atoms with Crippen LogP contribution in [-0.2, 0) is 22.7 Å². The minimum atomic E-state index is -2.66. The SMILES string of the molecule is Cc1cc(=O)n(CCCSP(C)(=O)OCC(C)C)c(=O)n1C. The van der Waals surface area contributed by atoms with E-state index in [1.165, 1.54) is 26.6 Å². The molecule has 0 aliphatic heterocycles. The topological polar surface area (TPSA) is 70.3 Å². The van der Waals surface area contributed by atoms with Crippen LogP contribution in [0, 0.1) is 12.8 Å². The molecular weight excluding hydrogens is 323 g/mol. The van der Waals surface area contributed by atoms with E-state index in [0.717, 1.165) is 0 Å². The van der Waals surface area contributed by atoms with Crippen LogP contribution in [-0.4, -0.2) is 28.2 Å². The lowest BCUT2D eigenvalue weighted by Crippen LogP contribution is -2.39. The molecule has 0 radical (unpaired) electrons. The fraction of sp³-hybridized carbons (Fsp3) is 0.714. The fourth-order valence-corrected chi connectivity index (χ4v) is 4.78. The molecule has 0 aliphatic rings. The van der Waals surface area contributed by atoms with Crippen LogP contribution >= 0.6 is 18.0 Å². The molecule has 1 aromatic rings. The van der Waals surface area contributed by atoms with Gasteiger partial charge in [0.2, 0.25) is 0 Å². The highest BCUT2D eigenvalue weighted by Gasteiger charge is 2.17. The second-order valence-corrected chi connectivity index (χ2v) is 11.0. The summed E-state index contributed by atoms with van der Waals surface area (Å²) >= 11 is 1.27. The number of hydrogen-bond donors (Lipinski definition) is 0. The Balaban J connectivity index is 2.56. The van der Waals surface area contributed by atoms with E-state index < -0.39 is 6.57 Å². The zero-order chi connectivity index (χ0) is 16.9. The van der Waals surface area contributed by atoms with Gasteiger partial charge in [0.1, 0.15) is 0 Å². The summed E-state index contributed by atoms with van der Waals surface area (Å²) in [5.41, 5.74) is 0.0350. The van der Waals surface area contributed by atoms with Crippen molar-refractivity contribution < 1.29 is 9.09 Å². The van der Waals surface area contributed by atoms with E-state index in [1.54, 1.807) is 20.6 Å². The highest BCUT2D eigenvalue weighted by atomic mass is 32.7. The molecule has 0 spiro atoms. The minimum Gasteiger partial charge on any atom is -0.321 e. The quantitative estimate of drug-likeness (QED) is 0.533. The van der Waals surface area contributed by atoms with E-state index in [4.69, 9.17) is 4.52 Å². The molecule has 0 fully saturated rings. The Hall–Kier alpha value is -0.780. The van der Waals surface area contributed by atoms with Crippen LogP contribution in [0.1, 0.15) is 26.0 Å². The summed E-state index contributed by atoms with van der Waals surface area (Å²) in [6, 6.07) is 1.45. The van der Waals surface area contributed by atoms with Crippen LogP contribution in [0.3, 0.4) is 0 Å². The van der Waals surface area contributed by atoms with E-state index in [2.05, 4.69) is 0 Å². The Kier molecular flexibility index (Phi) is 7.16. The fourth-order valence-electron chi connectivity index (χ4n) is 1.76. The van der Waals surface area contributed by atoms with E-state index in [-0.39, 0.29) is 11.2 Å². The van der Waals surface area contributed by atoms with Crippen LogP contribution in [0.15, 0.2) is 15.7 Å². The zero-order valence-corrected chi connectivity index (χ0v) is 15.6. The molecule has 22 heavy (non-hydrogen) atoms.